The Morgan fingerprint density at radius 1 is 1.05 bits per heavy atom. The van der Waals surface area contributed by atoms with Gasteiger partial charge in [-0.15, -0.1) is 0 Å². The smallest absolute Gasteiger partial charge is 0.340 e. The van der Waals surface area contributed by atoms with Crippen LogP contribution in [0.2, 0.25) is 18.1 Å². The van der Waals surface area contributed by atoms with Gasteiger partial charge in [-0.25, -0.2) is 13.2 Å². The van der Waals surface area contributed by atoms with E-state index < -0.39 is 41.6 Å². The van der Waals surface area contributed by atoms with Crippen molar-refractivity contribution >= 4 is 30.1 Å². The summed E-state index contributed by atoms with van der Waals surface area (Å²) in [5.41, 5.74) is -0.554. The van der Waals surface area contributed by atoms with E-state index in [9.17, 15) is 13.2 Å². The molecule has 0 fully saturated rings. The van der Waals surface area contributed by atoms with Gasteiger partial charge in [-0.2, -0.15) is 0 Å². The zero-order valence-corrected chi connectivity index (χ0v) is 27.3. The number of aryl methyl sites for hydroxylation is 1. The third-order valence-corrected chi connectivity index (χ3v) is 13.6. The predicted molar refractivity (Wildman–Crippen MR) is 160 cm³/mol. The zero-order valence-electron chi connectivity index (χ0n) is 25.5. The van der Waals surface area contributed by atoms with Gasteiger partial charge in [-0.1, -0.05) is 44.5 Å². The second-order valence-electron chi connectivity index (χ2n) is 13.3. The first-order valence-electron chi connectivity index (χ1n) is 13.8. The van der Waals surface area contributed by atoms with E-state index in [2.05, 4.69) is 38.6 Å². The standard InChI is InChI=1S/C30H42N2O7SSi/c1-20-10-13-22(14-11-20)40(34,35)32-26-18-30(27(33)38-28(2,3)4,39-41(8,9)29(5,6)7)25(31-26)17-21-12-15-23-24(16-21)37-19-36-23/h10-16,25H,17-19H2,1-9H3,(H,31,32)/t25-,30-/m1/s1. The minimum atomic E-state index is -3.96. The zero-order chi connectivity index (χ0) is 30.4. The summed E-state index contributed by atoms with van der Waals surface area (Å²) in [5, 5.41) is -0.241. The number of carbonyl (C=O) groups excluding carboxylic acids is 1. The Hall–Kier alpha value is -2.89. The van der Waals surface area contributed by atoms with Crippen molar-refractivity contribution in [1.82, 2.24) is 4.72 Å². The van der Waals surface area contributed by atoms with Crippen molar-refractivity contribution in [3.63, 3.8) is 0 Å². The Kier molecular flexibility index (Phi) is 8.14. The molecule has 0 aromatic heterocycles. The van der Waals surface area contributed by atoms with Crippen LogP contribution in [0.25, 0.3) is 0 Å². The first kappa shape index (κ1) is 31.1. The maximum Gasteiger partial charge on any atom is 0.340 e. The lowest BCUT2D eigenvalue weighted by molar-refractivity contribution is -0.175. The minimum Gasteiger partial charge on any atom is -0.458 e. The summed E-state index contributed by atoms with van der Waals surface area (Å²) in [6.45, 7) is 17.8. The molecule has 0 unspecified atom stereocenters. The Morgan fingerprint density at radius 3 is 2.29 bits per heavy atom. The molecule has 1 N–H and O–H groups in total. The fourth-order valence-electron chi connectivity index (χ4n) is 4.53. The molecule has 0 amide bonds. The van der Waals surface area contributed by atoms with E-state index in [0.29, 0.717) is 17.9 Å². The number of sulfonamides is 1. The van der Waals surface area contributed by atoms with Gasteiger partial charge in [0.25, 0.3) is 10.0 Å². The van der Waals surface area contributed by atoms with Crippen LogP contribution in [0.5, 0.6) is 11.5 Å². The largest absolute Gasteiger partial charge is 0.458 e. The SMILES string of the molecule is Cc1ccc(S(=O)(=O)NC2=N[C@H](Cc3ccc4c(c3)OCO4)[C@@](O[Si](C)(C)C(C)(C)C)(C(=O)OC(C)(C)C)C2)cc1. The number of nitrogens with one attached hydrogen (secondary N) is 1. The molecule has 2 heterocycles. The molecule has 0 radical (unpaired) electrons. The molecule has 11 heteroatoms. The van der Waals surface area contributed by atoms with Gasteiger partial charge in [0, 0.05) is 6.42 Å². The molecule has 0 saturated carbocycles. The summed E-state index contributed by atoms with van der Waals surface area (Å²) in [7, 11) is -6.57. The average Bonchev–Trinajstić information content (AvgIpc) is 3.41. The van der Waals surface area contributed by atoms with E-state index in [1.54, 1.807) is 45.0 Å². The van der Waals surface area contributed by atoms with Crippen LogP contribution in [0.15, 0.2) is 52.4 Å². The quantitative estimate of drug-likeness (QED) is 0.328. The van der Waals surface area contributed by atoms with Crippen LogP contribution in [0, 0.1) is 6.92 Å². The monoisotopic (exact) mass is 602 g/mol. The fraction of sp³-hybridized carbons (Fsp3) is 0.533. The summed E-state index contributed by atoms with van der Waals surface area (Å²) in [6, 6.07) is 11.4. The van der Waals surface area contributed by atoms with E-state index in [1.165, 1.54) is 0 Å². The molecular formula is C30H42N2O7SSi. The van der Waals surface area contributed by atoms with Crippen molar-refractivity contribution in [1.29, 1.82) is 0 Å². The molecule has 0 saturated heterocycles. The van der Waals surface area contributed by atoms with E-state index in [-0.39, 0.29) is 29.0 Å². The number of fused-ring (bicyclic) bond motifs is 1. The molecule has 4 rings (SSSR count). The molecule has 41 heavy (non-hydrogen) atoms. The third-order valence-electron chi connectivity index (χ3n) is 7.72. The highest BCUT2D eigenvalue weighted by Crippen LogP contribution is 2.45. The maximum absolute atomic E-state index is 14.2. The number of amidine groups is 1. The molecule has 0 spiro atoms. The number of nitrogens with zero attached hydrogens (tertiary/aromatic N) is 1. The molecule has 2 aliphatic rings. The molecular weight excluding hydrogens is 560 g/mol. The van der Waals surface area contributed by atoms with Crippen LogP contribution >= 0.6 is 0 Å². The molecule has 9 nitrogen and oxygen atoms in total. The van der Waals surface area contributed by atoms with Crippen LogP contribution in [0.1, 0.15) is 59.1 Å². The fourth-order valence-corrected chi connectivity index (χ4v) is 7.08. The summed E-state index contributed by atoms with van der Waals surface area (Å²) in [5.74, 6) is 0.846. The summed E-state index contributed by atoms with van der Waals surface area (Å²) in [6.07, 6.45) is 0.217. The minimum absolute atomic E-state index is 0.0747. The number of rotatable bonds is 7. The Bertz CT molecular complexity index is 1440. The predicted octanol–water partition coefficient (Wildman–Crippen LogP) is 5.52. The Balaban J connectivity index is 1.79. The molecule has 2 aliphatic heterocycles. The summed E-state index contributed by atoms with van der Waals surface area (Å²) in [4.78, 5) is 19.1. The topological polar surface area (TPSA) is 113 Å². The van der Waals surface area contributed by atoms with Gasteiger partial charge in [-0.3, -0.25) is 9.71 Å². The third kappa shape index (κ3) is 6.78. The van der Waals surface area contributed by atoms with Crippen molar-refractivity contribution in [2.24, 2.45) is 4.99 Å². The van der Waals surface area contributed by atoms with Crippen LogP contribution in [0.3, 0.4) is 0 Å². The highest BCUT2D eigenvalue weighted by Gasteiger charge is 2.58. The summed E-state index contributed by atoms with van der Waals surface area (Å²) >= 11 is 0. The summed E-state index contributed by atoms with van der Waals surface area (Å²) < 4.78 is 53.4. The molecule has 0 aliphatic carbocycles. The number of benzene rings is 2. The second-order valence-corrected chi connectivity index (χ2v) is 19.7. The molecule has 0 bridgehead atoms. The number of ether oxygens (including phenoxy) is 3. The van der Waals surface area contributed by atoms with Gasteiger partial charge in [-0.05, 0) is 82.1 Å². The van der Waals surface area contributed by atoms with Crippen LogP contribution in [0.4, 0.5) is 0 Å². The van der Waals surface area contributed by atoms with Crippen molar-refractivity contribution in [3.05, 3.63) is 53.6 Å². The molecule has 2 atom stereocenters. The maximum atomic E-state index is 14.2. The number of aliphatic imine (C=N–C) groups is 1. The number of carbonyl (C=O) groups is 1. The normalized spacial score (nSPS) is 21.0. The lowest BCUT2D eigenvalue weighted by atomic mass is 9.88. The van der Waals surface area contributed by atoms with Gasteiger partial charge < -0.3 is 18.6 Å². The number of hydrogen-bond acceptors (Lipinski definition) is 8. The van der Waals surface area contributed by atoms with E-state index in [0.717, 1.165) is 11.1 Å². The van der Waals surface area contributed by atoms with E-state index >= 15 is 0 Å². The molecule has 2 aromatic carbocycles. The Labute approximate surface area is 244 Å². The lowest BCUT2D eigenvalue weighted by Gasteiger charge is -2.45. The van der Waals surface area contributed by atoms with E-state index in [1.807, 2.05) is 25.1 Å². The first-order valence-corrected chi connectivity index (χ1v) is 18.2. The number of hydrogen-bond donors (Lipinski definition) is 1. The average molecular weight is 603 g/mol. The van der Waals surface area contributed by atoms with Crippen molar-refractivity contribution in [2.45, 2.75) is 102 Å². The number of esters is 1. The first-order chi connectivity index (χ1) is 18.8. The highest BCUT2D eigenvalue weighted by molar-refractivity contribution is 7.90. The van der Waals surface area contributed by atoms with Gasteiger partial charge in [0.1, 0.15) is 11.4 Å². The van der Waals surface area contributed by atoms with Gasteiger partial charge in [0.15, 0.2) is 25.4 Å². The van der Waals surface area contributed by atoms with Crippen LogP contribution in [-0.2, 0) is 30.4 Å². The van der Waals surface area contributed by atoms with Gasteiger partial charge in [0.2, 0.25) is 6.79 Å². The van der Waals surface area contributed by atoms with Crippen LogP contribution in [-0.4, -0.2) is 52.6 Å². The van der Waals surface area contributed by atoms with Gasteiger partial charge >= 0.3 is 5.97 Å². The van der Waals surface area contributed by atoms with Gasteiger partial charge in [0.05, 0.1) is 10.9 Å². The van der Waals surface area contributed by atoms with Crippen molar-refractivity contribution in [2.75, 3.05) is 6.79 Å². The Morgan fingerprint density at radius 2 is 1.68 bits per heavy atom. The van der Waals surface area contributed by atoms with Crippen molar-refractivity contribution in [3.8, 4) is 11.5 Å². The van der Waals surface area contributed by atoms with E-state index in [4.69, 9.17) is 23.6 Å². The highest BCUT2D eigenvalue weighted by atomic mass is 32.2. The molecule has 2 aromatic rings. The lowest BCUT2D eigenvalue weighted by Crippen LogP contribution is -2.59. The van der Waals surface area contributed by atoms with Crippen LogP contribution < -0.4 is 14.2 Å². The van der Waals surface area contributed by atoms with Crippen molar-refractivity contribution < 1.29 is 31.8 Å². The second kappa shape index (κ2) is 10.7. The molecule has 224 valence electrons.